The van der Waals surface area contributed by atoms with E-state index < -0.39 is 5.91 Å². The summed E-state index contributed by atoms with van der Waals surface area (Å²) < 4.78 is 0. The molecule has 2 aromatic rings. The third-order valence-corrected chi connectivity index (χ3v) is 4.81. The van der Waals surface area contributed by atoms with E-state index in [0.717, 1.165) is 31.1 Å². The zero-order valence-corrected chi connectivity index (χ0v) is 13.6. The molecule has 0 aliphatic heterocycles. The van der Waals surface area contributed by atoms with Gasteiger partial charge in [0.1, 0.15) is 0 Å². The highest BCUT2D eigenvalue weighted by atomic mass is 16.5. The van der Waals surface area contributed by atoms with Crippen molar-refractivity contribution in [2.75, 3.05) is 5.32 Å². The van der Waals surface area contributed by atoms with Crippen molar-refractivity contribution in [2.24, 2.45) is 5.41 Å². The Morgan fingerprint density at radius 3 is 2.62 bits per heavy atom. The minimum atomic E-state index is -0.605. The quantitative estimate of drug-likeness (QED) is 0.596. The van der Waals surface area contributed by atoms with Gasteiger partial charge in [0.15, 0.2) is 0 Å². The van der Waals surface area contributed by atoms with Gasteiger partial charge in [0.05, 0.1) is 11.1 Å². The Morgan fingerprint density at radius 2 is 1.92 bits per heavy atom. The molecular formula is C18H21N3O3. The zero-order valence-electron chi connectivity index (χ0n) is 13.6. The van der Waals surface area contributed by atoms with Gasteiger partial charge in [-0.25, -0.2) is 5.48 Å². The molecule has 0 atom stereocenters. The van der Waals surface area contributed by atoms with Crippen LogP contribution in [0, 0.1) is 5.41 Å². The van der Waals surface area contributed by atoms with Gasteiger partial charge >= 0.3 is 0 Å². The maximum absolute atomic E-state index is 12.6. The van der Waals surface area contributed by atoms with Crippen molar-refractivity contribution >= 4 is 28.4 Å². The molecule has 1 aromatic carbocycles. The van der Waals surface area contributed by atoms with E-state index in [4.69, 9.17) is 5.21 Å². The van der Waals surface area contributed by atoms with Gasteiger partial charge in [-0.2, -0.15) is 0 Å². The molecule has 3 rings (SSSR count). The minimum absolute atomic E-state index is 0.0535. The monoisotopic (exact) mass is 327 g/mol. The highest BCUT2D eigenvalue weighted by Gasteiger charge is 2.34. The Hall–Kier alpha value is -2.47. The number of hydrogen-bond acceptors (Lipinski definition) is 4. The maximum Gasteiger partial charge on any atom is 0.276 e. The largest absolute Gasteiger partial charge is 0.326 e. The average Bonchev–Trinajstić information content (AvgIpc) is 2.61. The summed E-state index contributed by atoms with van der Waals surface area (Å²) in [7, 11) is 0. The van der Waals surface area contributed by atoms with E-state index in [1.165, 1.54) is 12.6 Å². The van der Waals surface area contributed by atoms with Crippen LogP contribution in [0.1, 0.15) is 49.4 Å². The molecule has 2 amide bonds. The molecule has 6 nitrogen and oxygen atoms in total. The summed E-state index contributed by atoms with van der Waals surface area (Å²) in [5.41, 5.74) is 2.94. The van der Waals surface area contributed by atoms with Crippen molar-refractivity contribution in [3.05, 3.63) is 36.0 Å². The van der Waals surface area contributed by atoms with Crippen LogP contribution in [0.3, 0.4) is 0 Å². The van der Waals surface area contributed by atoms with Gasteiger partial charge in [0.2, 0.25) is 5.91 Å². The van der Waals surface area contributed by atoms with Crippen molar-refractivity contribution in [1.82, 2.24) is 10.5 Å². The standard InChI is InChI=1S/C18H21N3O3/c1-18(7-3-2-4-8-18)17(23)20-14-6-5-12-9-13(16(22)21-24)11-19-15(12)10-14/h5-6,9-11,24H,2-4,7-8H2,1H3,(H,20,23)(H,21,22). The molecule has 24 heavy (non-hydrogen) atoms. The smallest absolute Gasteiger partial charge is 0.276 e. The lowest BCUT2D eigenvalue weighted by molar-refractivity contribution is -0.126. The maximum atomic E-state index is 12.6. The number of benzene rings is 1. The minimum Gasteiger partial charge on any atom is -0.326 e. The topological polar surface area (TPSA) is 91.3 Å². The molecule has 6 heteroatoms. The number of carbonyl (C=O) groups is 2. The van der Waals surface area contributed by atoms with E-state index in [1.54, 1.807) is 29.7 Å². The molecule has 1 saturated carbocycles. The number of pyridine rings is 1. The number of aromatic nitrogens is 1. The predicted octanol–water partition coefficient (Wildman–Crippen LogP) is 3.26. The Kier molecular flexibility index (Phi) is 4.49. The van der Waals surface area contributed by atoms with Gasteiger partial charge in [0, 0.05) is 22.7 Å². The summed E-state index contributed by atoms with van der Waals surface area (Å²) in [5.74, 6) is -0.551. The number of anilines is 1. The fourth-order valence-electron chi connectivity index (χ4n) is 3.23. The van der Waals surface area contributed by atoms with Gasteiger partial charge in [-0.1, -0.05) is 32.3 Å². The molecule has 0 unspecified atom stereocenters. The van der Waals surface area contributed by atoms with Gasteiger partial charge < -0.3 is 5.32 Å². The summed E-state index contributed by atoms with van der Waals surface area (Å²) in [6.45, 7) is 2.03. The molecule has 0 radical (unpaired) electrons. The van der Waals surface area contributed by atoms with Crippen LogP contribution in [-0.2, 0) is 4.79 Å². The molecule has 1 heterocycles. The second-order valence-corrected chi connectivity index (χ2v) is 6.65. The van der Waals surface area contributed by atoms with Crippen LogP contribution in [0.5, 0.6) is 0 Å². The number of amides is 2. The number of hydroxylamine groups is 1. The molecule has 126 valence electrons. The van der Waals surface area contributed by atoms with Crippen molar-refractivity contribution < 1.29 is 14.8 Å². The second kappa shape index (κ2) is 6.57. The van der Waals surface area contributed by atoms with Crippen LogP contribution < -0.4 is 10.8 Å². The van der Waals surface area contributed by atoms with Crippen LogP contribution >= 0.6 is 0 Å². The highest BCUT2D eigenvalue weighted by Crippen LogP contribution is 2.36. The van der Waals surface area contributed by atoms with Crippen LogP contribution in [0.25, 0.3) is 10.9 Å². The zero-order chi connectivity index (χ0) is 17.2. The lowest BCUT2D eigenvalue weighted by Crippen LogP contribution is -2.35. The number of fused-ring (bicyclic) bond motifs is 1. The third kappa shape index (κ3) is 3.23. The summed E-state index contributed by atoms with van der Waals surface area (Å²) in [6.07, 6.45) is 6.63. The Bertz CT molecular complexity index is 782. The second-order valence-electron chi connectivity index (χ2n) is 6.65. The number of carbonyl (C=O) groups excluding carboxylic acids is 2. The summed E-state index contributed by atoms with van der Waals surface area (Å²) >= 11 is 0. The van der Waals surface area contributed by atoms with E-state index in [0.29, 0.717) is 11.2 Å². The molecule has 3 N–H and O–H groups in total. The Morgan fingerprint density at radius 1 is 1.17 bits per heavy atom. The number of rotatable bonds is 3. The molecule has 0 saturated heterocycles. The van der Waals surface area contributed by atoms with E-state index in [-0.39, 0.29) is 16.9 Å². The molecule has 1 aliphatic carbocycles. The Balaban J connectivity index is 1.80. The fraction of sp³-hybridized carbons (Fsp3) is 0.389. The van der Waals surface area contributed by atoms with Gasteiger partial charge in [-0.15, -0.1) is 0 Å². The highest BCUT2D eigenvalue weighted by molar-refractivity contribution is 5.99. The number of nitrogens with one attached hydrogen (secondary N) is 2. The van der Waals surface area contributed by atoms with Crippen molar-refractivity contribution in [2.45, 2.75) is 39.0 Å². The third-order valence-electron chi connectivity index (χ3n) is 4.81. The number of hydrogen-bond donors (Lipinski definition) is 3. The van der Waals surface area contributed by atoms with E-state index in [9.17, 15) is 9.59 Å². The van der Waals surface area contributed by atoms with Crippen LogP contribution in [-0.4, -0.2) is 22.0 Å². The predicted molar refractivity (Wildman–Crippen MR) is 90.8 cm³/mol. The molecule has 0 spiro atoms. The molecule has 1 aliphatic rings. The lowest BCUT2D eigenvalue weighted by Gasteiger charge is -2.32. The summed E-state index contributed by atoms with van der Waals surface area (Å²) in [4.78, 5) is 28.2. The van der Waals surface area contributed by atoms with Crippen LogP contribution in [0.15, 0.2) is 30.5 Å². The van der Waals surface area contributed by atoms with E-state index >= 15 is 0 Å². The fourth-order valence-corrected chi connectivity index (χ4v) is 3.23. The Labute approximate surface area is 140 Å². The van der Waals surface area contributed by atoms with E-state index in [1.807, 2.05) is 6.92 Å². The normalized spacial score (nSPS) is 16.6. The van der Waals surface area contributed by atoms with Crippen molar-refractivity contribution in [1.29, 1.82) is 0 Å². The summed E-state index contributed by atoms with van der Waals surface area (Å²) in [5, 5.41) is 12.4. The number of nitrogens with zero attached hydrogens (tertiary/aromatic N) is 1. The first-order valence-electron chi connectivity index (χ1n) is 8.17. The van der Waals surface area contributed by atoms with Crippen molar-refractivity contribution in [3.63, 3.8) is 0 Å². The first kappa shape index (κ1) is 16.4. The summed E-state index contributed by atoms with van der Waals surface area (Å²) in [6, 6.07) is 7.03. The van der Waals surface area contributed by atoms with Crippen molar-refractivity contribution in [3.8, 4) is 0 Å². The SMILES string of the molecule is CC1(C(=O)Nc2ccc3cc(C(=O)NO)cnc3c2)CCCCC1. The first-order valence-corrected chi connectivity index (χ1v) is 8.17. The molecule has 0 bridgehead atoms. The van der Waals surface area contributed by atoms with Gasteiger partial charge in [-0.05, 0) is 31.0 Å². The van der Waals surface area contributed by atoms with Gasteiger partial charge in [0.25, 0.3) is 5.91 Å². The molecular weight excluding hydrogens is 306 g/mol. The molecule has 1 fully saturated rings. The molecule has 1 aromatic heterocycles. The lowest BCUT2D eigenvalue weighted by atomic mass is 9.75. The first-order chi connectivity index (χ1) is 11.5. The van der Waals surface area contributed by atoms with Crippen LogP contribution in [0.2, 0.25) is 0 Å². The van der Waals surface area contributed by atoms with Gasteiger partial charge in [-0.3, -0.25) is 19.8 Å². The van der Waals surface area contributed by atoms with E-state index in [2.05, 4.69) is 10.3 Å². The average molecular weight is 327 g/mol. The van der Waals surface area contributed by atoms with Crippen LogP contribution in [0.4, 0.5) is 5.69 Å².